The van der Waals surface area contributed by atoms with E-state index in [2.05, 4.69) is 5.32 Å². The van der Waals surface area contributed by atoms with E-state index in [1.165, 1.54) is 0 Å². The van der Waals surface area contributed by atoms with Gasteiger partial charge in [0, 0.05) is 12.2 Å². The second kappa shape index (κ2) is 7.29. The van der Waals surface area contributed by atoms with Crippen LogP contribution in [0.4, 0.5) is 5.69 Å². The van der Waals surface area contributed by atoms with Crippen LogP contribution in [0.5, 0.6) is 5.75 Å². The maximum absolute atomic E-state index is 13.3. The quantitative estimate of drug-likeness (QED) is 0.751. The number of nitrogens with zero attached hydrogens (tertiary/aromatic N) is 1. The molecule has 0 radical (unpaired) electrons. The normalized spacial score (nSPS) is 28.6. The van der Waals surface area contributed by atoms with Crippen molar-refractivity contribution in [2.24, 2.45) is 11.8 Å². The highest BCUT2D eigenvalue weighted by molar-refractivity contribution is 6.03. The SMILES string of the molecule is COc1ccc(CCNC(=O)C2C3C=CC4(CN(c5ccccc5)C(=O)C24)O3)cc1. The van der Waals surface area contributed by atoms with Gasteiger partial charge < -0.3 is 19.7 Å². The number of methoxy groups -OCH3 is 1. The standard InChI is InChI=1S/C24H24N2O4/c1-29-18-9-7-16(8-10-18)12-14-25-22(27)20-19-11-13-24(30-19)15-26(23(28)21(20)24)17-5-3-2-4-6-17/h2-11,13,19-21H,12,14-15H2,1H3,(H,25,27). The Kier molecular flexibility index (Phi) is 4.59. The molecule has 154 valence electrons. The smallest absolute Gasteiger partial charge is 0.234 e. The first-order valence-electron chi connectivity index (χ1n) is 10.3. The van der Waals surface area contributed by atoms with Crippen LogP contribution >= 0.6 is 0 Å². The molecule has 2 amide bonds. The van der Waals surface area contributed by atoms with Gasteiger partial charge in [-0.15, -0.1) is 0 Å². The minimum atomic E-state index is -0.699. The molecule has 1 N–H and O–H groups in total. The fourth-order valence-corrected chi connectivity index (χ4v) is 4.86. The second-order valence-corrected chi connectivity index (χ2v) is 8.05. The van der Waals surface area contributed by atoms with Gasteiger partial charge in [-0.2, -0.15) is 0 Å². The lowest BCUT2D eigenvalue weighted by Gasteiger charge is -2.23. The Balaban J connectivity index is 1.27. The number of nitrogens with one attached hydrogen (secondary N) is 1. The first kappa shape index (κ1) is 18.9. The summed E-state index contributed by atoms with van der Waals surface area (Å²) in [7, 11) is 1.64. The van der Waals surface area contributed by atoms with E-state index in [9.17, 15) is 9.59 Å². The first-order chi connectivity index (χ1) is 14.6. The maximum Gasteiger partial charge on any atom is 0.234 e. The van der Waals surface area contributed by atoms with Gasteiger partial charge in [0.15, 0.2) is 0 Å². The van der Waals surface area contributed by atoms with Gasteiger partial charge in [0.25, 0.3) is 0 Å². The van der Waals surface area contributed by atoms with Gasteiger partial charge in [-0.05, 0) is 36.2 Å². The highest BCUT2D eigenvalue weighted by Gasteiger charge is 2.66. The molecule has 2 aromatic rings. The summed E-state index contributed by atoms with van der Waals surface area (Å²) < 4.78 is 11.4. The number of carbonyl (C=O) groups is 2. The number of anilines is 1. The molecule has 1 spiro atoms. The molecule has 4 atom stereocenters. The van der Waals surface area contributed by atoms with Crippen LogP contribution in [0.25, 0.3) is 0 Å². The monoisotopic (exact) mass is 404 g/mol. The van der Waals surface area contributed by atoms with Crippen molar-refractivity contribution in [1.82, 2.24) is 5.32 Å². The van der Waals surface area contributed by atoms with Crippen LogP contribution in [-0.2, 0) is 20.7 Å². The van der Waals surface area contributed by atoms with Gasteiger partial charge in [-0.1, -0.05) is 42.5 Å². The topological polar surface area (TPSA) is 67.9 Å². The zero-order valence-corrected chi connectivity index (χ0v) is 16.8. The Labute approximate surface area is 175 Å². The van der Waals surface area contributed by atoms with Gasteiger partial charge in [-0.25, -0.2) is 0 Å². The van der Waals surface area contributed by atoms with Crippen molar-refractivity contribution in [2.45, 2.75) is 18.1 Å². The minimum Gasteiger partial charge on any atom is -0.497 e. The van der Waals surface area contributed by atoms with E-state index in [-0.39, 0.29) is 17.9 Å². The molecule has 6 heteroatoms. The molecular formula is C24H24N2O4. The van der Waals surface area contributed by atoms with Crippen molar-refractivity contribution in [1.29, 1.82) is 0 Å². The summed E-state index contributed by atoms with van der Waals surface area (Å²) in [5.41, 5.74) is 1.25. The highest BCUT2D eigenvalue weighted by atomic mass is 16.5. The van der Waals surface area contributed by atoms with E-state index in [1.807, 2.05) is 66.7 Å². The average molecular weight is 404 g/mol. The zero-order valence-electron chi connectivity index (χ0n) is 16.8. The molecule has 3 heterocycles. The number of amides is 2. The lowest BCUT2D eigenvalue weighted by atomic mass is 9.77. The molecule has 3 aliphatic heterocycles. The average Bonchev–Trinajstić information content (AvgIpc) is 3.43. The number of carbonyl (C=O) groups excluding carboxylic acids is 2. The molecule has 30 heavy (non-hydrogen) atoms. The molecule has 2 saturated heterocycles. The van der Waals surface area contributed by atoms with E-state index in [1.54, 1.807) is 12.0 Å². The van der Waals surface area contributed by atoms with Gasteiger partial charge in [0.2, 0.25) is 11.8 Å². The summed E-state index contributed by atoms with van der Waals surface area (Å²) in [5.74, 6) is -0.321. The van der Waals surface area contributed by atoms with Crippen LogP contribution < -0.4 is 15.0 Å². The van der Waals surface area contributed by atoms with Gasteiger partial charge in [0.05, 0.1) is 31.6 Å². The molecule has 6 nitrogen and oxygen atoms in total. The Bertz CT molecular complexity index is 988. The molecule has 0 saturated carbocycles. The first-order valence-corrected chi connectivity index (χ1v) is 10.3. The van der Waals surface area contributed by atoms with E-state index >= 15 is 0 Å². The van der Waals surface area contributed by atoms with E-state index in [0.717, 1.165) is 17.0 Å². The van der Waals surface area contributed by atoms with Crippen LogP contribution in [0, 0.1) is 11.8 Å². The van der Waals surface area contributed by atoms with Crippen molar-refractivity contribution in [3.8, 4) is 5.75 Å². The van der Waals surface area contributed by atoms with E-state index in [4.69, 9.17) is 9.47 Å². The molecule has 2 bridgehead atoms. The van der Waals surface area contributed by atoms with E-state index in [0.29, 0.717) is 19.5 Å². The lowest BCUT2D eigenvalue weighted by molar-refractivity contribution is -0.131. The third-order valence-electron chi connectivity index (χ3n) is 6.34. The maximum atomic E-state index is 13.3. The van der Waals surface area contributed by atoms with Gasteiger partial charge >= 0.3 is 0 Å². The summed E-state index contributed by atoms with van der Waals surface area (Å²) in [4.78, 5) is 28.0. The number of benzene rings is 2. The van der Waals surface area contributed by atoms with Gasteiger partial charge in [0.1, 0.15) is 11.4 Å². The third-order valence-corrected chi connectivity index (χ3v) is 6.34. The number of fused-ring (bicyclic) bond motifs is 1. The summed E-state index contributed by atoms with van der Waals surface area (Å²) in [6, 6.07) is 17.4. The predicted molar refractivity (Wildman–Crippen MR) is 112 cm³/mol. The summed E-state index contributed by atoms with van der Waals surface area (Å²) in [5, 5.41) is 3.02. The van der Waals surface area contributed by atoms with Crippen LogP contribution in [-0.4, -0.2) is 43.7 Å². The number of hydrogen-bond acceptors (Lipinski definition) is 4. The highest BCUT2D eigenvalue weighted by Crippen LogP contribution is 2.52. The number of para-hydroxylation sites is 1. The predicted octanol–water partition coefficient (Wildman–Crippen LogP) is 2.34. The largest absolute Gasteiger partial charge is 0.497 e. The lowest BCUT2D eigenvalue weighted by Crippen LogP contribution is -2.44. The van der Waals surface area contributed by atoms with Crippen LogP contribution in [0.15, 0.2) is 66.7 Å². The molecule has 0 aromatic heterocycles. The molecule has 4 unspecified atom stereocenters. The second-order valence-electron chi connectivity index (χ2n) is 8.05. The summed E-state index contributed by atoms with van der Waals surface area (Å²) in [6.07, 6.45) is 4.29. The number of hydrogen-bond donors (Lipinski definition) is 1. The fourth-order valence-electron chi connectivity index (χ4n) is 4.86. The zero-order chi connectivity index (χ0) is 20.7. The number of rotatable bonds is 6. The van der Waals surface area contributed by atoms with Crippen molar-refractivity contribution in [3.63, 3.8) is 0 Å². The minimum absolute atomic E-state index is 0.0386. The summed E-state index contributed by atoms with van der Waals surface area (Å²) >= 11 is 0. The van der Waals surface area contributed by atoms with E-state index < -0.39 is 17.4 Å². The Morgan fingerprint density at radius 2 is 1.97 bits per heavy atom. The van der Waals surface area contributed by atoms with Crippen LogP contribution in [0.3, 0.4) is 0 Å². The van der Waals surface area contributed by atoms with Crippen molar-refractivity contribution < 1.29 is 19.1 Å². The van der Waals surface area contributed by atoms with Crippen LogP contribution in [0.1, 0.15) is 5.56 Å². The molecule has 3 aliphatic rings. The Morgan fingerprint density at radius 3 is 2.70 bits per heavy atom. The molecule has 0 aliphatic carbocycles. The van der Waals surface area contributed by atoms with Crippen molar-refractivity contribution >= 4 is 17.5 Å². The Morgan fingerprint density at radius 1 is 1.20 bits per heavy atom. The fraction of sp³-hybridized carbons (Fsp3) is 0.333. The molecule has 5 rings (SSSR count). The molecule has 2 aromatic carbocycles. The summed E-state index contributed by atoms with van der Waals surface area (Å²) in [6.45, 7) is 0.956. The Hall–Kier alpha value is -3.12. The third kappa shape index (κ3) is 2.99. The van der Waals surface area contributed by atoms with Crippen molar-refractivity contribution in [2.75, 3.05) is 25.1 Å². The van der Waals surface area contributed by atoms with Crippen LogP contribution in [0.2, 0.25) is 0 Å². The van der Waals surface area contributed by atoms with Crippen molar-refractivity contribution in [3.05, 3.63) is 72.3 Å². The molecular weight excluding hydrogens is 380 g/mol. The number of ether oxygens (including phenoxy) is 2. The van der Waals surface area contributed by atoms with Gasteiger partial charge in [-0.3, -0.25) is 9.59 Å². The molecule has 2 fully saturated rings.